The molecule has 2 aliphatic rings. The molecule has 2 saturated heterocycles. The third kappa shape index (κ3) is 3.85. The fraction of sp³-hybridized carbons (Fsp3) is 0.412. The van der Waals surface area contributed by atoms with Gasteiger partial charge in [-0.15, -0.1) is 0 Å². The minimum atomic E-state index is -0.632. The van der Waals surface area contributed by atoms with Crippen molar-refractivity contribution in [1.29, 1.82) is 0 Å². The largest absolute Gasteiger partial charge is 0.452 e. The Morgan fingerprint density at radius 3 is 2.20 bits per heavy atom. The first-order valence-electron chi connectivity index (χ1n) is 8.05. The number of hydrogen-bond donors (Lipinski definition) is 0. The Morgan fingerprint density at radius 2 is 1.60 bits per heavy atom. The van der Waals surface area contributed by atoms with Crippen LogP contribution in [0.2, 0.25) is 0 Å². The molecule has 1 aromatic carbocycles. The summed E-state index contributed by atoms with van der Waals surface area (Å²) in [6, 6.07) is 5.97. The molecule has 0 N–H and O–H groups in total. The van der Waals surface area contributed by atoms with Crippen LogP contribution in [0.25, 0.3) is 0 Å². The van der Waals surface area contributed by atoms with Gasteiger partial charge in [-0.25, -0.2) is 4.79 Å². The fourth-order valence-electron chi connectivity index (χ4n) is 2.73. The first-order chi connectivity index (χ1) is 12.1. The number of carbonyl (C=O) groups is 4. The minimum absolute atomic E-state index is 0.201. The molecule has 2 aliphatic heterocycles. The maximum Gasteiger partial charge on any atom is 0.338 e. The van der Waals surface area contributed by atoms with Gasteiger partial charge < -0.3 is 14.4 Å². The van der Waals surface area contributed by atoms with Crippen molar-refractivity contribution in [3.8, 4) is 0 Å². The topological polar surface area (TPSA) is 93.2 Å². The second-order valence-electron chi connectivity index (χ2n) is 5.74. The van der Waals surface area contributed by atoms with Crippen LogP contribution in [0.3, 0.4) is 0 Å². The molecule has 0 aromatic heterocycles. The summed E-state index contributed by atoms with van der Waals surface area (Å²) < 4.78 is 10.2. The number of carbonyl (C=O) groups excluding carboxylic acids is 4. The molecule has 0 radical (unpaired) electrons. The number of anilines is 1. The second kappa shape index (κ2) is 7.43. The molecular formula is C17H18N2O6. The molecule has 1 aromatic rings. The van der Waals surface area contributed by atoms with Crippen molar-refractivity contribution < 1.29 is 28.7 Å². The molecule has 0 atom stereocenters. The van der Waals surface area contributed by atoms with Crippen LogP contribution in [0, 0.1) is 0 Å². The van der Waals surface area contributed by atoms with Crippen LogP contribution >= 0.6 is 0 Å². The van der Waals surface area contributed by atoms with E-state index in [0.717, 1.165) is 4.90 Å². The molecule has 8 heteroatoms. The van der Waals surface area contributed by atoms with Crippen molar-refractivity contribution in [1.82, 2.24) is 4.90 Å². The highest BCUT2D eigenvalue weighted by atomic mass is 16.5. The molecule has 0 spiro atoms. The Balaban J connectivity index is 1.56. The van der Waals surface area contributed by atoms with E-state index in [0.29, 0.717) is 32.0 Å². The van der Waals surface area contributed by atoms with Crippen LogP contribution in [0.4, 0.5) is 5.69 Å². The number of rotatable bonds is 4. The van der Waals surface area contributed by atoms with Crippen molar-refractivity contribution >= 4 is 29.4 Å². The summed E-state index contributed by atoms with van der Waals surface area (Å²) in [6.45, 7) is 1.61. The number of amides is 3. The molecular weight excluding hydrogens is 328 g/mol. The van der Waals surface area contributed by atoms with Crippen molar-refractivity contribution in [3.05, 3.63) is 29.8 Å². The average Bonchev–Trinajstić information content (AvgIpc) is 2.98. The summed E-state index contributed by atoms with van der Waals surface area (Å²) in [6.07, 6.45) is 0.401. The van der Waals surface area contributed by atoms with Crippen molar-refractivity contribution in [2.24, 2.45) is 0 Å². The molecule has 2 fully saturated rings. The Bertz CT molecular complexity index is 678. The van der Waals surface area contributed by atoms with E-state index in [9.17, 15) is 19.2 Å². The number of imide groups is 1. The molecule has 8 nitrogen and oxygen atoms in total. The number of esters is 1. The fourth-order valence-corrected chi connectivity index (χ4v) is 2.73. The van der Waals surface area contributed by atoms with Gasteiger partial charge in [0.1, 0.15) is 0 Å². The average molecular weight is 346 g/mol. The lowest BCUT2D eigenvalue weighted by Gasteiger charge is -2.26. The summed E-state index contributed by atoms with van der Waals surface area (Å²) in [4.78, 5) is 50.1. The number of ether oxygens (including phenoxy) is 2. The highest BCUT2D eigenvalue weighted by molar-refractivity contribution is 6.19. The Hall–Kier alpha value is -2.74. The van der Waals surface area contributed by atoms with Crippen LogP contribution in [0.1, 0.15) is 23.2 Å². The molecule has 0 saturated carbocycles. The van der Waals surface area contributed by atoms with Gasteiger partial charge in [-0.05, 0) is 24.3 Å². The van der Waals surface area contributed by atoms with Crippen LogP contribution in [-0.2, 0) is 23.9 Å². The van der Waals surface area contributed by atoms with Gasteiger partial charge in [0, 0.05) is 25.9 Å². The van der Waals surface area contributed by atoms with Gasteiger partial charge in [0.2, 0.25) is 11.8 Å². The van der Waals surface area contributed by atoms with Crippen molar-refractivity contribution in [2.75, 3.05) is 37.8 Å². The van der Waals surface area contributed by atoms with Crippen LogP contribution in [0.5, 0.6) is 0 Å². The lowest BCUT2D eigenvalue weighted by molar-refractivity contribution is -0.138. The highest BCUT2D eigenvalue weighted by Gasteiger charge is 2.30. The number of hydrogen-bond acceptors (Lipinski definition) is 6. The first kappa shape index (κ1) is 17.1. The third-order valence-electron chi connectivity index (χ3n) is 4.10. The van der Waals surface area contributed by atoms with Gasteiger partial charge in [0.25, 0.3) is 5.91 Å². The summed E-state index contributed by atoms with van der Waals surface area (Å²) in [5, 5.41) is 0. The maximum absolute atomic E-state index is 12.0. The van der Waals surface area contributed by atoms with E-state index < -0.39 is 5.97 Å². The zero-order valence-electron chi connectivity index (χ0n) is 13.6. The van der Waals surface area contributed by atoms with Gasteiger partial charge in [-0.3, -0.25) is 19.3 Å². The SMILES string of the molecule is O=C(OCC(=O)N1CCOCC1)c1ccc(N2C(=O)CCC2=O)cc1. The van der Waals surface area contributed by atoms with Gasteiger partial charge in [-0.2, -0.15) is 0 Å². The molecule has 132 valence electrons. The molecule has 0 aliphatic carbocycles. The standard InChI is InChI=1S/C17H18N2O6/c20-14-5-6-15(21)19(14)13-3-1-12(2-4-13)17(23)25-11-16(22)18-7-9-24-10-8-18/h1-4H,5-11H2. The van der Waals surface area contributed by atoms with E-state index in [1.807, 2.05) is 0 Å². The van der Waals surface area contributed by atoms with E-state index >= 15 is 0 Å². The molecule has 0 bridgehead atoms. The minimum Gasteiger partial charge on any atom is -0.452 e. The van der Waals surface area contributed by atoms with Gasteiger partial charge in [-0.1, -0.05) is 0 Å². The lowest BCUT2D eigenvalue weighted by atomic mass is 10.2. The monoisotopic (exact) mass is 346 g/mol. The highest BCUT2D eigenvalue weighted by Crippen LogP contribution is 2.22. The molecule has 3 rings (SSSR count). The van der Waals surface area contributed by atoms with Crippen LogP contribution < -0.4 is 4.90 Å². The van der Waals surface area contributed by atoms with E-state index in [1.165, 1.54) is 24.3 Å². The summed E-state index contributed by atoms with van der Waals surface area (Å²) in [7, 11) is 0. The van der Waals surface area contributed by atoms with Crippen molar-refractivity contribution in [2.45, 2.75) is 12.8 Å². The zero-order valence-corrected chi connectivity index (χ0v) is 13.6. The van der Waals surface area contributed by atoms with E-state index in [4.69, 9.17) is 9.47 Å². The zero-order chi connectivity index (χ0) is 17.8. The Morgan fingerprint density at radius 1 is 1.00 bits per heavy atom. The van der Waals surface area contributed by atoms with Crippen LogP contribution in [-0.4, -0.2) is 61.5 Å². The third-order valence-corrected chi connectivity index (χ3v) is 4.10. The van der Waals surface area contributed by atoms with Gasteiger partial charge >= 0.3 is 5.97 Å². The molecule has 3 amide bonds. The van der Waals surface area contributed by atoms with Crippen LogP contribution in [0.15, 0.2) is 24.3 Å². The van der Waals surface area contributed by atoms with E-state index in [-0.39, 0.29) is 42.7 Å². The first-order valence-corrected chi connectivity index (χ1v) is 8.05. The number of nitrogens with zero attached hydrogens (tertiary/aromatic N) is 2. The lowest BCUT2D eigenvalue weighted by Crippen LogP contribution is -2.42. The van der Waals surface area contributed by atoms with Gasteiger partial charge in [0.15, 0.2) is 6.61 Å². The van der Waals surface area contributed by atoms with E-state index in [2.05, 4.69) is 0 Å². The maximum atomic E-state index is 12.0. The normalized spacial score (nSPS) is 17.8. The summed E-state index contributed by atoms with van der Waals surface area (Å²) in [5.41, 5.74) is 0.672. The quantitative estimate of drug-likeness (QED) is 0.577. The number of benzene rings is 1. The molecule has 25 heavy (non-hydrogen) atoms. The predicted molar refractivity (Wildman–Crippen MR) is 85.9 cm³/mol. The van der Waals surface area contributed by atoms with E-state index in [1.54, 1.807) is 4.90 Å². The van der Waals surface area contributed by atoms with Gasteiger partial charge in [0.05, 0.1) is 24.5 Å². The predicted octanol–water partition coefficient (Wildman–Crippen LogP) is 0.356. The molecule has 2 heterocycles. The smallest absolute Gasteiger partial charge is 0.338 e. The molecule has 0 unspecified atom stereocenters. The summed E-state index contributed by atoms with van der Waals surface area (Å²) in [5.74, 6) is -1.40. The summed E-state index contributed by atoms with van der Waals surface area (Å²) >= 11 is 0. The second-order valence-corrected chi connectivity index (χ2v) is 5.74. The Kier molecular flexibility index (Phi) is 5.08. The Labute approximate surface area is 144 Å². The van der Waals surface area contributed by atoms with Crippen molar-refractivity contribution in [3.63, 3.8) is 0 Å². The number of morpholine rings is 1.